The van der Waals surface area contributed by atoms with Gasteiger partial charge in [0.25, 0.3) is 11.8 Å². The summed E-state index contributed by atoms with van der Waals surface area (Å²) >= 11 is 0. The highest BCUT2D eigenvalue weighted by Crippen LogP contribution is 2.48. The van der Waals surface area contributed by atoms with Crippen molar-refractivity contribution in [3.63, 3.8) is 0 Å². The lowest BCUT2D eigenvalue weighted by Gasteiger charge is -2.32. The maximum absolute atomic E-state index is 15.0. The first-order valence-corrected chi connectivity index (χ1v) is 14.7. The molecule has 0 amide bonds. The number of halogens is 3. The number of nitro groups is 1. The zero-order valence-electron chi connectivity index (χ0n) is 23.6. The Kier molecular flexibility index (Phi) is 8.04. The molecule has 43 heavy (non-hydrogen) atoms. The predicted octanol–water partition coefficient (Wildman–Crippen LogP) is 7.68. The second kappa shape index (κ2) is 11.9. The number of anilines is 1. The first kappa shape index (κ1) is 29.0. The standard InChI is InChI=1S/C31H32F3N5O4/c32-31(33,34)30(42-20-21-11-4-1-5-12-21)17-9-3-8-15-23-16-10-18-38(23)27-24(22-13-6-2-7-14-22)19-25(39(40)41)26(35-27)28-36-37-29(30)43-28/h1,3-5,8,11-13,19,23H,2,6-7,9-10,14-18,20H2. The average Bonchev–Trinajstić information content (AvgIpc) is 3.68. The van der Waals surface area contributed by atoms with Gasteiger partial charge in [-0.15, -0.1) is 10.2 Å². The monoisotopic (exact) mass is 595 g/mol. The number of ether oxygens (including phenoxy) is 1. The van der Waals surface area contributed by atoms with Crippen LogP contribution in [0.4, 0.5) is 24.7 Å². The number of allylic oxidation sites excluding steroid dienone is 3. The molecular weight excluding hydrogens is 563 g/mol. The zero-order chi connectivity index (χ0) is 30.0. The van der Waals surface area contributed by atoms with Crippen LogP contribution in [0.2, 0.25) is 0 Å². The largest absolute Gasteiger partial charge is 0.426 e. The van der Waals surface area contributed by atoms with Crippen LogP contribution in [0.25, 0.3) is 17.2 Å². The van der Waals surface area contributed by atoms with Crippen LogP contribution in [-0.2, 0) is 16.9 Å². The maximum atomic E-state index is 15.0. The van der Waals surface area contributed by atoms with Gasteiger partial charge in [0, 0.05) is 24.2 Å². The average molecular weight is 596 g/mol. The highest BCUT2D eigenvalue weighted by molar-refractivity contribution is 5.81. The molecule has 2 aliphatic heterocycles. The molecule has 9 nitrogen and oxygen atoms in total. The lowest BCUT2D eigenvalue weighted by Crippen LogP contribution is -2.45. The number of hydrogen-bond donors (Lipinski definition) is 0. The smallest absolute Gasteiger partial charge is 0.415 e. The molecule has 1 fully saturated rings. The number of rotatable bonds is 5. The summed E-state index contributed by atoms with van der Waals surface area (Å²) in [6, 6.07) is 10.0. The first-order chi connectivity index (χ1) is 20.8. The van der Waals surface area contributed by atoms with Gasteiger partial charge in [0.1, 0.15) is 5.82 Å². The molecule has 3 aromatic rings. The Balaban J connectivity index is 1.52. The van der Waals surface area contributed by atoms with E-state index < -0.39 is 40.6 Å². The molecule has 0 N–H and O–H groups in total. The van der Waals surface area contributed by atoms with Crippen molar-refractivity contribution in [1.29, 1.82) is 0 Å². The van der Waals surface area contributed by atoms with E-state index in [0.29, 0.717) is 29.9 Å². The molecule has 2 unspecified atom stereocenters. The van der Waals surface area contributed by atoms with E-state index in [-0.39, 0.29) is 24.8 Å². The predicted molar refractivity (Wildman–Crippen MR) is 153 cm³/mol. The van der Waals surface area contributed by atoms with Crippen LogP contribution in [0.1, 0.15) is 74.8 Å². The number of pyridine rings is 1. The van der Waals surface area contributed by atoms with Gasteiger partial charge in [-0.25, -0.2) is 4.98 Å². The van der Waals surface area contributed by atoms with Gasteiger partial charge in [-0.05, 0) is 68.9 Å². The van der Waals surface area contributed by atoms with E-state index in [1.54, 1.807) is 36.4 Å². The van der Waals surface area contributed by atoms with Gasteiger partial charge in [-0.1, -0.05) is 48.6 Å². The number of hydrogen-bond acceptors (Lipinski definition) is 8. The number of fused-ring (bicyclic) bond motifs is 7. The van der Waals surface area contributed by atoms with Crippen molar-refractivity contribution in [3.05, 3.63) is 81.8 Å². The van der Waals surface area contributed by atoms with Crippen LogP contribution >= 0.6 is 0 Å². The van der Waals surface area contributed by atoms with Crippen LogP contribution < -0.4 is 4.90 Å². The van der Waals surface area contributed by atoms with Gasteiger partial charge < -0.3 is 14.1 Å². The highest BCUT2D eigenvalue weighted by Gasteiger charge is 2.61. The highest BCUT2D eigenvalue weighted by atomic mass is 19.4. The SMILES string of the molecule is O=[N+]([O-])c1cc(C2=CCCCC2)c2nc1-c1nnc(o1)C(OCc1ccccc1)(C(F)(F)F)CCC=CCC1CCCN21. The van der Waals surface area contributed by atoms with Crippen molar-refractivity contribution in [1.82, 2.24) is 15.2 Å². The minimum absolute atomic E-state index is 0.0422. The molecule has 6 rings (SSSR count). The second-order valence-electron chi connectivity index (χ2n) is 11.2. The topological polar surface area (TPSA) is 107 Å². The van der Waals surface area contributed by atoms with E-state index in [2.05, 4.69) is 21.2 Å². The van der Waals surface area contributed by atoms with Crippen molar-refractivity contribution in [2.45, 2.75) is 82.2 Å². The summed E-state index contributed by atoms with van der Waals surface area (Å²) in [4.78, 5) is 18.7. The van der Waals surface area contributed by atoms with Crippen molar-refractivity contribution in [2.75, 3.05) is 11.4 Å². The van der Waals surface area contributed by atoms with Crippen molar-refractivity contribution >= 4 is 17.1 Å². The van der Waals surface area contributed by atoms with E-state index in [1.165, 1.54) is 6.07 Å². The summed E-state index contributed by atoms with van der Waals surface area (Å²) in [7, 11) is 0. The summed E-state index contributed by atoms with van der Waals surface area (Å²) in [6.07, 6.45) is 6.36. The summed E-state index contributed by atoms with van der Waals surface area (Å²) in [5.41, 5.74) is -1.39. The van der Waals surface area contributed by atoms with Gasteiger partial charge in [-0.2, -0.15) is 13.2 Å². The second-order valence-corrected chi connectivity index (χ2v) is 11.2. The fourth-order valence-corrected chi connectivity index (χ4v) is 6.19. The van der Waals surface area contributed by atoms with E-state index >= 15 is 0 Å². The van der Waals surface area contributed by atoms with Crippen molar-refractivity contribution in [2.24, 2.45) is 0 Å². The number of alkyl halides is 3. The van der Waals surface area contributed by atoms with E-state index in [1.807, 2.05) is 6.08 Å². The molecule has 2 atom stereocenters. The fourth-order valence-electron chi connectivity index (χ4n) is 6.19. The molecule has 3 aliphatic rings. The summed E-state index contributed by atoms with van der Waals surface area (Å²) < 4.78 is 56.3. The molecule has 1 aromatic carbocycles. The zero-order valence-corrected chi connectivity index (χ0v) is 23.6. The van der Waals surface area contributed by atoms with Crippen LogP contribution in [-0.4, -0.2) is 38.9 Å². The molecule has 1 aliphatic carbocycles. The molecule has 4 heterocycles. The Labute approximate surface area is 246 Å². The lowest BCUT2D eigenvalue weighted by atomic mass is 9.93. The minimum Gasteiger partial charge on any atom is -0.415 e. The molecule has 1 saturated heterocycles. The normalized spacial score (nSPS) is 22.5. The third kappa shape index (κ3) is 5.67. The molecule has 0 radical (unpaired) electrons. The lowest BCUT2D eigenvalue weighted by molar-refractivity contribution is -0.384. The van der Waals surface area contributed by atoms with Crippen LogP contribution in [0.15, 0.2) is 59.0 Å². The molecule has 2 aromatic heterocycles. The van der Waals surface area contributed by atoms with Crippen LogP contribution in [0, 0.1) is 10.1 Å². The first-order valence-electron chi connectivity index (χ1n) is 14.7. The molecule has 0 saturated carbocycles. The van der Waals surface area contributed by atoms with Gasteiger partial charge >= 0.3 is 11.9 Å². The molecule has 4 bridgehead atoms. The number of nitrogens with zero attached hydrogens (tertiary/aromatic N) is 5. The quantitative estimate of drug-likeness (QED) is 0.168. The molecule has 0 spiro atoms. The third-order valence-electron chi connectivity index (χ3n) is 8.46. The Morgan fingerprint density at radius 2 is 1.95 bits per heavy atom. The Hall–Kier alpha value is -4.06. The minimum atomic E-state index is -4.93. The van der Waals surface area contributed by atoms with Gasteiger partial charge in [0.2, 0.25) is 11.3 Å². The van der Waals surface area contributed by atoms with Gasteiger partial charge in [-0.3, -0.25) is 10.1 Å². The van der Waals surface area contributed by atoms with E-state index in [4.69, 9.17) is 14.1 Å². The Bertz CT molecular complexity index is 1540. The van der Waals surface area contributed by atoms with Crippen molar-refractivity contribution in [3.8, 4) is 11.6 Å². The fraction of sp³-hybridized carbons (Fsp3) is 0.452. The molecule has 226 valence electrons. The van der Waals surface area contributed by atoms with Crippen molar-refractivity contribution < 1.29 is 27.2 Å². The van der Waals surface area contributed by atoms with Crippen LogP contribution in [0.5, 0.6) is 0 Å². The molecule has 12 heteroatoms. The Morgan fingerprint density at radius 1 is 1.12 bits per heavy atom. The van der Waals surface area contributed by atoms with Crippen LogP contribution in [0.3, 0.4) is 0 Å². The summed E-state index contributed by atoms with van der Waals surface area (Å²) in [5, 5.41) is 20.0. The third-order valence-corrected chi connectivity index (χ3v) is 8.46. The maximum Gasteiger partial charge on any atom is 0.426 e. The van der Waals surface area contributed by atoms with E-state index in [9.17, 15) is 23.3 Å². The molecular formula is C31H32F3N5O4. The van der Waals surface area contributed by atoms with Gasteiger partial charge in [0.15, 0.2) is 0 Å². The van der Waals surface area contributed by atoms with Gasteiger partial charge in [0.05, 0.1) is 11.5 Å². The number of aromatic nitrogens is 3. The number of benzene rings is 1. The Morgan fingerprint density at radius 3 is 2.70 bits per heavy atom. The summed E-state index contributed by atoms with van der Waals surface area (Å²) in [5.74, 6) is -0.705. The van der Waals surface area contributed by atoms with E-state index in [0.717, 1.165) is 44.1 Å². The summed E-state index contributed by atoms with van der Waals surface area (Å²) in [6.45, 7) is 0.355.